The number of hydrogen-bond acceptors (Lipinski definition) is 6. The van der Waals surface area contributed by atoms with Crippen molar-refractivity contribution in [2.45, 2.75) is 19.1 Å². The van der Waals surface area contributed by atoms with Crippen LogP contribution in [-0.4, -0.2) is 52.8 Å². The first-order valence-electron chi connectivity index (χ1n) is 6.23. The standard InChI is InChI=1S/C12H17ClN4O3/c1-7-4-17(5-9(6-18)20-7)12(19)8-2-10(13)11(16-14)15-3-8/h2-3,7,9,18H,4-6,14H2,1H3,(H,15,16). The molecule has 0 aromatic carbocycles. The number of anilines is 1. The number of hydrogen-bond donors (Lipinski definition) is 3. The fraction of sp³-hybridized carbons (Fsp3) is 0.500. The molecule has 7 nitrogen and oxygen atoms in total. The lowest BCUT2D eigenvalue weighted by atomic mass is 10.1. The van der Waals surface area contributed by atoms with Gasteiger partial charge in [0.2, 0.25) is 0 Å². The summed E-state index contributed by atoms with van der Waals surface area (Å²) in [6.07, 6.45) is 0.923. The van der Waals surface area contributed by atoms with Gasteiger partial charge in [0.1, 0.15) is 0 Å². The highest BCUT2D eigenvalue weighted by Gasteiger charge is 2.28. The number of nitrogen functional groups attached to an aromatic ring is 1. The monoisotopic (exact) mass is 300 g/mol. The molecule has 1 aromatic heterocycles. The molecular weight excluding hydrogens is 284 g/mol. The molecule has 2 rings (SSSR count). The van der Waals surface area contributed by atoms with Crippen molar-refractivity contribution in [2.24, 2.45) is 5.84 Å². The number of carbonyl (C=O) groups excluding carboxylic acids is 1. The molecule has 1 fully saturated rings. The average molecular weight is 301 g/mol. The second kappa shape index (κ2) is 6.36. The number of pyridine rings is 1. The first-order valence-corrected chi connectivity index (χ1v) is 6.60. The molecule has 1 aliphatic rings. The molecule has 20 heavy (non-hydrogen) atoms. The van der Waals surface area contributed by atoms with Gasteiger partial charge in [-0.1, -0.05) is 11.6 Å². The molecule has 0 spiro atoms. The summed E-state index contributed by atoms with van der Waals surface area (Å²) < 4.78 is 5.50. The zero-order valence-electron chi connectivity index (χ0n) is 11.0. The first kappa shape index (κ1) is 15.0. The van der Waals surface area contributed by atoms with Crippen molar-refractivity contribution in [3.05, 3.63) is 22.8 Å². The topological polar surface area (TPSA) is 101 Å². The van der Waals surface area contributed by atoms with Crippen LogP contribution in [0.1, 0.15) is 17.3 Å². The quantitative estimate of drug-likeness (QED) is 0.546. The molecule has 1 saturated heterocycles. The van der Waals surface area contributed by atoms with E-state index in [2.05, 4.69) is 10.4 Å². The van der Waals surface area contributed by atoms with E-state index < -0.39 is 0 Å². The van der Waals surface area contributed by atoms with Crippen molar-refractivity contribution >= 4 is 23.3 Å². The summed E-state index contributed by atoms with van der Waals surface area (Å²) in [5.74, 6) is 5.35. The number of aromatic nitrogens is 1. The van der Waals surface area contributed by atoms with Crippen LogP contribution < -0.4 is 11.3 Å². The highest BCUT2D eigenvalue weighted by molar-refractivity contribution is 6.33. The molecule has 1 aliphatic heterocycles. The third kappa shape index (κ3) is 3.18. The summed E-state index contributed by atoms with van der Waals surface area (Å²) >= 11 is 5.96. The SMILES string of the molecule is CC1CN(C(=O)c2cnc(NN)c(Cl)c2)CC(CO)O1. The zero-order chi connectivity index (χ0) is 14.7. The summed E-state index contributed by atoms with van der Waals surface area (Å²) in [5.41, 5.74) is 2.72. The number of morpholine rings is 1. The molecule has 2 atom stereocenters. The van der Waals surface area contributed by atoms with Crippen LogP contribution in [0.4, 0.5) is 5.82 Å². The van der Waals surface area contributed by atoms with Crippen LogP contribution >= 0.6 is 11.6 Å². The van der Waals surface area contributed by atoms with Crippen molar-refractivity contribution in [1.82, 2.24) is 9.88 Å². The summed E-state index contributed by atoms with van der Waals surface area (Å²) in [6.45, 7) is 2.54. The smallest absolute Gasteiger partial charge is 0.255 e. The number of halogens is 1. The molecule has 8 heteroatoms. The Hall–Kier alpha value is -1.41. The zero-order valence-corrected chi connectivity index (χ0v) is 11.8. The molecule has 2 unspecified atom stereocenters. The lowest BCUT2D eigenvalue weighted by Crippen LogP contribution is -2.50. The van der Waals surface area contributed by atoms with E-state index in [9.17, 15) is 9.90 Å². The number of carbonyl (C=O) groups is 1. The van der Waals surface area contributed by atoms with Crippen LogP contribution in [0.2, 0.25) is 5.02 Å². The second-order valence-corrected chi connectivity index (χ2v) is 5.07. The molecule has 110 valence electrons. The van der Waals surface area contributed by atoms with Crippen molar-refractivity contribution < 1.29 is 14.6 Å². The van der Waals surface area contributed by atoms with Crippen LogP contribution in [0.25, 0.3) is 0 Å². The van der Waals surface area contributed by atoms with Crippen LogP contribution in [0.15, 0.2) is 12.3 Å². The first-order chi connectivity index (χ1) is 9.55. The molecular formula is C12H17ClN4O3. The van der Waals surface area contributed by atoms with E-state index in [1.54, 1.807) is 4.90 Å². The number of amides is 1. The predicted molar refractivity (Wildman–Crippen MR) is 74.4 cm³/mol. The fourth-order valence-corrected chi connectivity index (χ4v) is 2.38. The van der Waals surface area contributed by atoms with Gasteiger partial charge in [0.05, 0.1) is 29.4 Å². The normalized spacial score (nSPS) is 22.7. The third-order valence-corrected chi connectivity index (χ3v) is 3.33. The maximum Gasteiger partial charge on any atom is 0.255 e. The van der Waals surface area contributed by atoms with Gasteiger partial charge in [0.25, 0.3) is 5.91 Å². The number of rotatable bonds is 3. The van der Waals surface area contributed by atoms with Gasteiger partial charge in [-0.25, -0.2) is 10.8 Å². The van der Waals surface area contributed by atoms with Gasteiger partial charge in [0, 0.05) is 19.3 Å². The number of nitrogens with one attached hydrogen (secondary N) is 1. The molecule has 1 amide bonds. The van der Waals surface area contributed by atoms with Crippen LogP contribution in [0, 0.1) is 0 Å². The molecule has 1 aromatic rings. The molecule has 0 saturated carbocycles. The van der Waals surface area contributed by atoms with Crippen molar-refractivity contribution in [1.29, 1.82) is 0 Å². The molecule has 4 N–H and O–H groups in total. The van der Waals surface area contributed by atoms with Crippen molar-refractivity contribution in [2.75, 3.05) is 25.1 Å². The Morgan fingerprint density at radius 3 is 3.05 bits per heavy atom. The van der Waals surface area contributed by atoms with E-state index >= 15 is 0 Å². The van der Waals surface area contributed by atoms with Crippen LogP contribution in [0.5, 0.6) is 0 Å². The van der Waals surface area contributed by atoms with Gasteiger partial charge >= 0.3 is 0 Å². The fourth-order valence-electron chi connectivity index (χ4n) is 2.16. The summed E-state index contributed by atoms with van der Waals surface area (Å²) in [7, 11) is 0. The van der Waals surface area contributed by atoms with E-state index in [4.69, 9.17) is 22.2 Å². The van der Waals surface area contributed by atoms with Gasteiger partial charge in [-0.15, -0.1) is 0 Å². The number of nitrogens with zero attached hydrogens (tertiary/aromatic N) is 2. The van der Waals surface area contributed by atoms with Crippen LogP contribution in [0.3, 0.4) is 0 Å². The van der Waals surface area contributed by atoms with Gasteiger partial charge in [-0.05, 0) is 13.0 Å². The Morgan fingerprint density at radius 2 is 2.45 bits per heavy atom. The Morgan fingerprint density at radius 1 is 1.70 bits per heavy atom. The molecule has 2 heterocycles. The van der Waals surface area contributed by atoms with E-state index in [0.717, 1.165) is 0 Å². The summed E-state index contributed by atoms with van der Waals surface area (Å²) in [5, 5.41) is 9.45. The summed E-state index contributed by atoms with van der Waals surface area (Å²) in [4.78, 5) is 18.0. The Kier molecular flexibility index (Phi) is 4.77. The summed E-state index contributed by atoms with van der Waals surface area (Å²) in [6, 6.07) is 1.51. The van der Waals surface area contributed by atoms with E-state index in [-0.39, 0.29) is 29.7 Å². The minimum absolute atomic E-state index is 0.122. The number of ether oxygens (including phenoxy) is 1. The number of aliphatic hydroxyl groups is 1. The van der Waals surface area contributed by atoms with E-state index in [1.165, 1.54) is 12.3 Å². The second-order valence-electron chi connectivity index (χ2n) is 4.66. The van der Waals surface area contributed by atoms with Gasteiger partial charge in [-0.2, -0.15) is 0 Å². The van der Waals surface area contributed by atoms with Gasteiger partial charge in [-0.3, -0.25) is 4.79 Å². The van der Waals surface area contributed by atoms with Gasteiger partial charge in [0.15, 0.2) is 5.82 Å². The Balaban J connectivity index is 2.16. The maximum absolute atomic E-state index is 12.4. The van der Waals surface area contributed by atoms with Crippen molar-refractivity contribution in [3.63, 3.8) is 0 Å². The van der Waals surface area contributed by atoms with Gasteiger partial charge < -0.3 is 20.2 Å². The molecule has 0 radical (unpaired) electrons. The highest BCUT2D eigenvalue weighted by atomic mass is 35.5. The van der Waals surface area contributed by atoms with Crippen molar-refractivity contribution in [3.8, 4) is 0 Å². The molecule has 0 bridgehead atoms. The maximum atomic E-state index is 12.4. The Bertz CT molecular complexity index is 500. The number of nitrogens with two attached hydrogens (primary N) is 1. The average Bonchev–Trinajstić information content (AvgIpc) is 2.45. The molecule has 0 aliphatic carbocycles. The van der Waals surface area contributed by atoms with Crippen LogP contribution in [-0.2, 0) is 4.74 Å². The van der Waals surface area contributed by atoms with E-state index in [0.29, 0.717) is 24.5 Å². The predicted octanol–water partition coefficient (Wildman–Crippen LogP) is 0.242. The largest absolute Gasteiger partial charge is 0.394 e. The minimum Gasteiger partial charge on any atom is -0.394 e. The number of aliphatic hydroxyl groups excluding tert-OH is 1. The number of hydrazine groups is 1. The highest BCUT2D eigenvalue weighted by Crippen LogP contribution is 2.21. The minimum atomic E-state index is -0.365. The third-order valence-electron chi connectivity index (χ3n) is 3.04. The lowest BCUT2D eigenvalue weighted by Gasteiger charge is -2.36. The van der Waals surface area contributed by atoms with E-state index in [1.807, 2.05) is 6.92 Å². The lowest BCUT2D eigenvalue weighted by molar-refractivity contribution is -0.0858. The Labute approximate surface area is 121 Å².